The predicted octanol–water partition coefficient (Wildman–Crippen LogP) is 2.78. The van der Waals surface area contributed by atoms with E-state index in [1.807, 2.05) is 54.6 Å². The highest BCUT2D eigenvalue weighted by molar-refractivity contribution is 5.77. The van der Waals surface area contributed by atoms with Gasteiger partial charge in [0.2, 0.25) is 0 Å². The molecule has 2 rings (SSSR count). The normalized spacial score (nSPS) is 10.1. The summed E-state index contributed by atoms with van der Waals surface area (Å²) in [6, 6.07) is 17.2. The van der Waals surface area contributed by atoms with Crippen LogP contribution in [0.3, 0.4) is 0 Å². The van der Waals surface area contributed by atoms with Crippen LogP contribution in [0.25, 0.3) is 0 Å². The summed E-state index contributed by atoms with van der Waals surface area (Å²) in [5.41, 5.74) is 1.17. The lowest BCUT2D eigenvalue weighted by Crippen LogP contribution is -2.33. The Morgan fingerprint density at radius 1 is 1.00 bits per heavy atom. The average Bonchev–Trinajstić information content (AvgIpc) is 2.58. The van der Waals surface area contributed by atoms with Gasteiger partial charge in [-0.3, -0.25) is 4.79 Å². The van der Waals surface area contributed by atoms with Crippen LogP contribution < -0.4 is 9.47 Å². The SMILES string of the molecule is COc1ccc(CCN(C)C(=O)COc2ccccc2)cc1. The van der Waals surface area contributed by atoms with Gasteiger partial charge in [-0.15, -0.1) is 0 Å². The Morgan fingerprint density at radius 2 is 1.68 bits per heavy atom. The van der Waals surface area contributed by atoms with Gasteiger partial charge in [-0.2, -0.15) is 0 Å². The molecule has 0 aliphatic heterocycles. The topological polar surface area (TPSA) is 38.8 Å². The van der Waals surface area contributed by atoms with Gasteiger partial charge in [0.1, 0.15) is 11.5 Å². The number of methoxy groups -OCH3 is 1. The van der Waals surface area contributed by atoms with Crippen molar-refractivity contribution in [3.8, 4) is 11.5 Å². The first-order valence-electron chi connectivity index (χ1n) is 7.24. The fourth-order valence-electron chi connectivity index (χ4n) is 1.99. The molecule has 0 atom stereocenters. The molecule has 0 aliphatic rings. The van der Waals surface area contributed by atoms with E-state index in [4.69, 9.17) is 9.47 Å². The minimum Gasteiger partial charge on any atom is -0.497 e. The van der Waals surface area contributed by atoms with Gasteiger partial charge in [0.15, 0.2) is 6.61 Å². The van der Waals surface area contributed by atoms with Gasteiger partial charge in [0, 0.05) is 13.6 Å². The van der Waals surface area contributed by atoms with Crippen molar-refractivity contribution in [2.75, 3.05) is 27.3 Å². The van der Waals surface area contributed by atoms with Crippen LogP contribution >= 0.6 is 0 Å². The Labute approximate surface area is 131 Å². The Hall–Kier alpha value is -2.49. The average molecular weight is 299 g/mol. The van der Waals surface area contributed by atoms with Crippen LogP contribution in [-0.2, 0) is 11.2 Å². The van der Waals surface area contributed by atoms with E-state index in [9.17, 15) is 4.79 Å². The van der Waals surface area contributed by atoms with Crippen LogP contribution in [0, 0.1) is 0 Å². The van der Waals surface area contributed by atoms with E-state index in [0.29, 0.717) is 12.3 Å². The van der Waals surface area contributed by atoms with E-state index in [1.165, 1.54) is 5.56 Å². The van der Waals surface area contributed by atoms with Gasteiger partial charge >= 0.3 is 0 Å². The van der Waals surface area contributed by atoms with Crippen LogP contribution in [-0.4, -0.2) is 38.1 Å². The van der Waals surface area contributed by atoms with Crippen molar-refractivity contribution in [3.63, 3.8) is 0 Å². The highest BCUT2D eigenvalue weighted by Crippen LogP contribution is 2.12. The molecule has 0 spiro atoms. The lowest BCUT2D eigenvalue weighted by molar-refractivity contribution is -0.132. The molecule has 0 saturated carbocycles. The second-order valence-electron chi connectivity index (χ2n) is 5.02. The maximum atomic E-state index is 12.0. The second-order valence-corrected chi connectivity index (χ2v) is 5.02. The van der Waals surface area contributed by atoms with Crippen molar-refractivity contribution in [2.24, 2.45) is 0 Å². The molecule has 0 aromatic heterocycles. The minimum atomic E-state index is -0.0302. The highest BCUT2D eigenvalue weighted by atomic mass is 16.5. The van der Waals surface area contributed by atoms with Gasteiger partial charge in [0.25, 0.3) is 5.91 Å². The van der Waals surface area contributed by atoms with Gasteiger partial charge < -0.3 is 14.4 Å². The van der Waals surface area contributed by atoms with Crippen LogP contribution in [0.4, 0.5) is 0 Å². The summed E-state index contributed by atoms with van der Waals surface area (Å²) >= 11 is 0. The zero-order valence-electron chi connectivity index (χ0n) is 13.0. The first-order chi connectivity index (χ1) is 10.7. The number of likely N-dealkylation sites (N-methyl/N-ethyl adjacent to an activating group) is 1. The number of para-hydroxylation sites is 1. The van der Waals surface area contributed by atoms with E-state index in [-0.39, 0.29) is 12.5 Å². The molecule has 2 aromatic carbocycles. The number of carbonyl (C=O) groups excluding carboxylic acids is 1. The smallest absolute Gasteiger partial charge is 0.260 e. The molecule has 0 bridgehead atoms. The summed E-state index contributed by atoms with van der Waals surface area (Å²) in [5, 5.41) is 0. The van der Waals surface area contributed by atoms with E-state index < -0.39 is 0 Å². The largest absolute Gasteiger partial charge is 0.497 e. The molecule has 0 N–H and O–H groups in total. The summed E-state index contributed by atoms with van der Waals surface area (Å²) in [4.78, 5) is 13.7. The lowest BCUT2D eigenvalue weighted by atomic mass is 10.1. The van der Waals surface area contributed by atoms with Gasteiger partial charge in [-0.1, -0.05) is 30.3 Å². The fourth-order valence-corrected chi connectivity index (χ4v) is 1.99. The lowest BCUT2D eigenvalue weighted by Gasteiger charge is -2.17. The standard InChI is InChI=1S/C18H21NO3/c1-19(13-12-15-8-10-16(21-2)11-9-15)18(20)14-22-17-6-4-3-5-7-17/h3-11H,12-14H2,1-2H3. The number of ether oxygens (including phenoxy) is 2. The van der Waals surface area contributed by atoms with Crippen LogP contribution in [0.1, 0.15) is 5.56 Å². The molecule has 2 aromatic rings. The predicted molar refractivity (Wildman–Crippen MR) is 86.3 cm³/mol. The summed E-state index contributed by atoms with van der Waals surface area (Å²) in [7, 11) is 3.44. The zero-order chi connectivity index (χ0) is 15.8. The molecule has 0 heterocycles. The Bertz CT molecular complexity index is 581. The van der Waals surface area contributed by atoms with Crippen molar-refractivity contribution in [1.29, 1.82) is 0 Å². The molecule has 4 heteroatoms. The van der Waals surface area contributed by atoms with E-state index in [1.54, 1.807) is 19.1 Å². The van der Waals surface area contributed by atoms with Crippen LogP contribution in [0.15, 0.2) is 54.6 Å². The van der Waals surface area contributed by atoms with Gasteiger partial charge in [-0.25, -0.2) is 0 Å². The highest BCUT2D eigenvalue weighted by Gasteiger charge is 2.09. The molecule has 1 amide bonds. The number of carbonyl (C=O) groups is 1. The molecule has 0 fully saturated rings. The second kappa shape index (κ2) is 8.08. The van der Waals surface area contributed by atoms with Crippen LogP contribution in [0.2, 0.25) is 0 Å². The summed E-state index contributed by atoms with van der Waals surface area (Å²) < 4.78 is 10.6. The first kappa shape index (κ1) is 15.9. The summed E-state index contributed by atoms with van der Waals surface area (Å²) in [6.45, 7) is 0.715. The quantitative estimate of drug-likeness (QED) is 0.789. The summed E-state index contributed by atoms with van der Waals surface area (Å²) in [6.07, 6.45) is 0.803. The van der Waals surface area contributed by atoms with Crippen molar-refractivity contribution in [3.05, 3.63) is 60.2 Å². The van der Waals surface area contributed by atoms with Crippen molar-refractivity contribution < 1.29 is 14.3 Å². The van der Waals surface area contributed by atoms with E-state index in [0.717, 1.165) is 12.2 Å². The number of nitrogens with zero attached hydrogens (tertiary/aromatic N) is 1. The molecule has 0 aliphatic carbocycles. The first-order valence-corrected chi connectivity index (χ1v) is 7.24. The maximum absolute atomic E-state index is 12.0. The van der Waals surface area contributed by atoms with Gasteiger partial charge in [0.05, 0.1) is 7.11 Å². The maximum Gasteiger partial charge on any atom is 0.260 e. The molecular formula is C18H21NO3. The molecule has 116 valence electrons. The van der Waals surface area contributed by atoms with E-state index >= 15 is 0 Å². The van der Waals surface area contributed by atoms with E-state index in [2.05, 4.69) is 0 Å². The fraction of sp³-hybridized carbons (Fsp3) is 0.278. The summed E-state index contributed by atoms with van der Waals surface area (Å²) in [5.74, 6) is 1.52. The van der Waals surface area contributed by atoms with Crippen molar-refractivity contribution >= 4 is 5.91 Å². The van der Waals surface area contributed by atoms with Gasteiger partial charge in [-0.05, 0) is 36.2 Å². The Balaban J connectivity index is 1.76. The molecular weight excluding hydrogens is 278 g/mol. The molecule has 0 saturated heterocycles. The molecule has 0 radical (unpaired) electrons. The monoisotopic (exact) mass is 299 g/mol. The Kier molecular flexibility index (Phi) is 5.83. The molecule has 0 unspecified atom stereocenters. The molecule has 4 nitrogen and oxygen atoms in total. The molecule has 22 heavy (non-hydrogen) atoms. The number of rotatable bonds is 7. The number of hydrogen-bond donors (Lipinski definition) is 0. The van der Waals surface area contributed by atoms with Crippen molar-refractivity contribution in [1.82, 2.24) is 4.90 Å². The number of hydrogen-bond acceptors (Lipinski definition) is 3. The number of benzene rings is 2. The third-order valence-corrected chi connectivity index (χ3v) is 3.43. The minimum absolute atomic E-state index is 0.0302. The Morgan fingerprint density at radius 3 is 2.32 bits per heavy atom. The van der Waals surface area contributed by atoms with Crippen molar-refractivity contribution in [2.45, 2.75) is 6.42 Å². The number of amides is 1. The third-order valence-electron chi connectivity index (χ3n) is 3.43. The third kappa shape index (κ3) is 4.81. The zero-order valence-corrected chi connectivity index (χ0v) is 13.0. The van der Waals surface area contributed by atoms with Crippen LogP contribution in [0.5, 0.6) is 11.5 Å².